The van der Waals surface area contributed by atoms with E-state index in [1.54, 1.807) is 0 Å². The van der Waals surface area contributed by atoms with Crippen LogP contribution in [0.2, 0.25) is 0 Å². The Morgan fingerprint density at radius 3 is 2.22 bits per heavy atom. The molecule has 1 aromatic carbocycles. The molecule has 0 atom stereocenters. The summed E-state index contributed by atoms with van der Waals surface area (Å²) >= 11 is 0. The fourth-order valence-electron chi connectivity index (χ4n) is 2.34. The van der Waals surface area contributed by atoms with Crippen molar-refractivity contribution in [2.75, 3.05) is 20.1 Å². The van der Waals surface area contributed by atoms with Crippen LogP contribution in [-0.4, -0.2) is 26.0 Å². The van der Waals surface area contributed by atoms with Crippen molar-refractivity contribution in [1.82, 2.24) is 10.6 Å². The molecule has 3 heteroatoms. The highest BCUT2D eigenvalue weighted by Crippen LogP contribution is 2.31. The molecule has 18 heavy (non-hydrogen) atoms. The Morgan fingerprint density at radius 2 is 1.72 bits per heavy atom. The highest BCUT2D eigenvalue weighted by Gasteiger charge is 2.36. The predicted octanol–water partition coefficient (Wildman–Crippen LogP) is 2.08. The smallest absolute Gasteiger partial charge is 0.230 e. The van der Waals surface area contributed by atoms with Gasteiger partial charge in [0, 0.05) is 13.1 Å². The van der Waals surface area contributed by atoms with Crippen molar-refractivity contribution >= 4 is 5.91 Å². The van der Waals surface area contributed by atoms with Gasteiger partial charge < -0.3 is 10.6 Å². The summed E-state index contributed by atoms with van der Waals surface area (Å²) in [6.07, 6.45) is 1.64. The summed E-state index contributed by atoms with van der Waals surface area (Å²) in [6.45, 7) is 5.62. The minimum atomic E-state index is -0.394. The second-order valence-corrected chi connectivity index (χ2v) is 4.51. The Bertz CT molecular complexity index is 358. The number of nitrogens with one attached hydrogen (secondary N) is 2. The number of hydrogen-bond acceptors (Lipinski definition) is 2. The van der Waals surface area contributed by atoms with Crippen LogP contribution < -0.4 is 10.6 Å². The van der Waals surface area contributed by atoms with E-state index in [0.29, 0.717) is 6.54 Å². The van der Waals surface area contributed by atoms with E-state index in [-0.39, 0.29) is 5.91 Å². The van der Waals surface area contributed by atoms with Gasteiger partial charge in [0.15, 0.2) is 0 Å². The van der Waals surface area contributed by atoms with Gasteiger partial charge in [-0.1, -0.05) is 44.2 Å². The first-order chi connectivity index (χ1) is 8.71. The molecule has 1 rings (SSSR count). The molecule has 1 aromatic rings. The number of hydrogen-bond donors (Lipinski definition) is 2. The van der Waals surface area contributed by atoms with E-state index in [4.69, 9.17) is 0 Å². The Kier molecular flexibility index (Phi) is 5.86. The zero-order valence-corrected chi connectivity index (χ0v) is 11.6. The van der Waals surface area contributed by atoms with Gasteiger partial charge in [-0.2, -0.15) is 0 Å². The lowest BCUT2D eigenvalue weighted by Crippen LogP contribution is -2.45. The molecule has 0 spiro atoms. The third-order valence-corrected chi connectivity index (χ3v) is 3.63. The molecule has 3 nitrogen and oxygen atoms in total. The van der Waals surface area contributed by atoms with Crippen LogP contribution in [0.5, 0.6) is 0 Å². The van der Waals surface area contributed by atoms with Gasteiger partial charge in [0.1, 0.15) is 0 Å². The van der Waals surface area contributed by atoms with Crippen molar-refractivity contribution in [3.63, 3.8) is 0 Å². The van der Waals surface area contributed by atoms with Gasteiger partial charge >= 0.3 is 0 Å². The fraction of sp³-hybridized carbons (Fsp3) is 0.533. The number of likely N-dealkylation sites (N-methyl/N-ethyl adjacent to an activating group) is 1. The summed E-state index contributed by atoms with van der Waals surface area (Å²) in [4.78, 5) is 12.5. The minimum Gasteiger partial charge on any atom is -0.354 e. The van der Waals surface area contributed by atoms with Gasteiger partial charge in [0.25, 0.3) is 0 Å². The van der Waals surface area contributed by atoms with Gasteiger partial charge in [-0.05, 0) is 25.5 Å². The lowest BCUT2D eigenvalue weighted by Gasteiger charge is -2.31. The van der Waals surface area contributed by atoms with Gasteiger partial charge in [-0.25, -0.2) is 0 Å². The van der Waals surface area contributed by atoms with Crippen LogP contribution in [0.3, 0.4) is 0 Å². The van der Waals surface area contributed by atoms with Crippen LogP contribution >= 0.6 is 0 Å². The Labute approximate surface area is 110 Å². The summed E-state index contributed by atoms with van der Waals surface area (Å²) < 4.78 is 0. The van der Waals surface area contributed by atoms with E-state index in [1.807, 2.05) is 37.4 Å². The quantitative estimate of drug-likeness (QED) is 0.725. The number of rotatable bonds is 7. The van der Waals surface area contributed by atoms with Crippen LogP contribution in [0.1, 0.15) is 32.3 Å². The lowest BCUT2D eigenvalue weighted by molar-refractivity contribution is -0.127. The summed E-state index contributed by atoms with van der Waals surface area (Å²) in [5.41, 5.74) is 0.714. The topological polar surface area (TPSA) is 41.1 Å². The molecule has 1 amide bonds. The van der Waals surface area contributed by atoms with E-state index in [1.165, 1.54) is 0 Å². The standard InChI is InChI=1S/C15H24N2O/c1-4-15(5-2,13-9-7-6-8-10-13)14(18)17-12-11-16-3/h6-10,16H,4-5,11-12H2,1-3H3,(H,17,18). The van der Waals surface area contributed by atoms with Gasteiger partial charge in [0.05, 0.1) is 5.41 Å². The third kappa shape index (κ3) is 3.10. The number of carbonyl (C=O) groups excluding carboxylic acids is 1. The number of amides is 1. The number of benzene rings is 1. The third-order valence-electron chi connectivity index (χ3n) is 3.63. The molecule has 0 aliphatic carbocycles. The summed E-state index contributed by atoms with van der Waals surface area (Å²) in [7, 11) is 1.89. The Balaban J connectivity index is 2.90. The molecule has 2 N–H and O–H groups in total. The molecular weight excluding hydrogens is 224 g/mol. The SMILES string of the molecule is CCC(CC)(C(=O)NCCNC)c1ccccc1. The lowest BCUT2D eigenvalue weighted by atomic mass is 9.75. The van der Waals surface area contributed by atoms with E-state index < -0.39 is 5.41 Å². The van der Waals surface area contributed by atoms with Gasteiger partial charge in [-0.3, -0.25) is 4.79 Å². The zero-order valence-electron chi connectivity index (χ0n) is 11.6. The van der Waals surface area contributed by atoms with Gasteiger partial charge in [0.2, 0.25) is 5.91 Å². The summed E-state index contributed by atoms with van der Waals surface area (Å²) in [5, 5.41) is 6.06. The molecule has 0 bridgehead atoms. The fourth-order valence-corrected chi connectivity index (χ4v) is 2.34. The molecular formula is C15H24N2O. The van der Waals surface area contributed by atoms with Crippen molar-refractivity contribution in [3.05, 3.63) is 35.9 Å². The zero-order chi connectivity index (χ0) is 13.4. The maximum absolute atomic E-state index is 12.5. The van der Waals surface area contributed by atoms with Crippen molar-refractivity contribution in [2.24, 2.45) is 0 Å². The first-order valence-electron chi connectivity index (χ1n) is 6.69. The molecule has 0 radical (unpaired) electrons. The van der Waals surface area contributed by atoms with Crippen molar-refractivity contribution in [3.8, 4) is 0 Å². The molecule has 0 unspecified atom stereocenters. The van der Waals surface area contributed by atoms with Crippen LogP contribution in [0.4, 0.5) is 0 Å². The monoisotopic (exact) mass is 248 g/mol. The molecule has 0 aliphatic rings. The minimum absolute atomic E-state index is 0.133. The molecule has 100 valence electrons. The summed E-state index contributed by atoms with van der Waals surface area (Å²) in [5.74, 6) is 0.133. The highest BCUT2D eigenvalue weighted by molar-refractivity contribution is 5.88. The second kappa shape index (κ2) is 7.17. The van der Waals surface area contributed by atoms with Crippen molar-refractivity contribution in [1.29, 1.82) is 0 Å². The predicted molar refractivity (Wildman–Crippen MR) is 75.6 cm³/mol. The molecule has 0 saturated carbocycles. The largest absolute Gasteiger partial charge is 0.354 e. The molecule has 0 saturated heterocycles. The molecule has 0 fully saturated rings. The van der Waals surface area contributed by atoms with Crippen molar-refractivity contribution in [2.45, 2.75) is 32.1 Å². The van der Waals surface area contributed by atoms with Crippen LogP contribution in [-0.2, 0) is 10.2 Å². The first kappa shape index (κ1) is 14.7. The first-order valence-corrected chi connectivity index (χ1v) is 6.69. The maximum atomic E-state index is 12.5. The van der Waals surface area contributed by atoms with Crippen LogP contribution in [0.25, 0.3) is 0 Å². The molecule has 0 aliphatic heterocycles. The van der Waals surface area contributed by atoms with E-state index in [9.17, 15) is 4.79 Å². The normalized spacial score (nSPS) is 11.3. The molecule has 0 heterocycles. The highest BCUT2D eigenvalue weighted by atomic mass is 16.2. The Morgan fingerprint density at radius 1 is 1.11 bits per heavy atom. The van der Waals surface area contributed by atoms with Crippen LogP contribution in [0, 0.1) is 0 Å². The van der Waals surface area contributed by atoms with Crippen molar-refractivity contribution < 1.29 is 4.79 Å². The van der Waals surface area contributed by atoms with E-state index in [2.05, 4.69) is 24.5 Å². The van der Waals surface area contributed by atoms with Gasteiger partial charge in [-0.15, -0.1) is 0 Å². The maximum Gasteiger partial charge on any atom is 0.230 e. The second-order valence-electron chi connectivity index (χ2n) is 4.51. The Hall–Kier alpha value is -1.35. The average Bonchev–Trinajstić information content (AvgIpc) is 2.42. The van der Waals surface area contributed by atoms with E-state index in [0.717, 1.165) is 24.9 Å². The van der Waals surface area contributed by atoms with E-state index >= 15 is 0 Å². The average molecular weight is 248 g/mol. The molecule has 0 aromatic heterocycles. The summed E-state index contributed by atoms with van der Waals surface area (Å²) in [6, 6.07) is 10.1. The number of carbonyl (C=O) groups is 1. The van der Waals surface area contributed by atoms with Crippen LogP contribution in [0.15, 0.2) is 30.3 Å².